The third-order valence-electron chi connectivity index (χ3n) is 10.8. The molecule has 0 aliphatic heterocycles. The molecule has 0 bridgehead atoms. The number of Topliss-reactive ketones (excluding diaryl/α,β-unsaturated/α-hetero) is 1. The second-order valence-corrected chi connectivity index (χ2v) is 18.1. The maximum absolute atomic E-state index is 14.7. The van der Waals surface area contributed by atoms with E-state index in [1.807, 2.05) is 0 Å². The molecule has 65 heavy (non-hydrogen) atoms. The maximum Gasteiger partial charge on any atom is 0.416 e. The molecule has 0 aromatic carbocycles. The van der Waals surface area contributed by atoms with Gasteiger partial charge in [0.05, 0.1) is 23.7 Å². The molecule has 2 amide bonds. The number of halogens is 2. The Bertz CT molecular complexity index is 2480. The number of hydrogen-bond donors (Lipinski definition) is 1. The minimum atomic E-state index is -0.745. The molecular weight excluding hydrogens is 843 g/mol. The normalized spacial score (nSPS) is 14.9. The molecule has 5 heterocycles. The Kier molecular flexibility index (Phi) is 14.3. The van der Waals surface area contributed by atoms with Crippen LogP contribution in [0, 0.1) is 11.6 Å². The molecule has 0 saturated heterocycles. The zero-order valence-corrected chi connectivity index (χ0v) is 37.9. The molecule has 2 saturated carbocycles. The number of nitrogens with zero attached hydrogens (tertiary/aromatic N) is 9. The minimum absolute atomic E-state index is 0.123. The minimum Gasteiger partial charge on any atom is -0.461 e. The van der Waals surface area contributed by atoms with Crippen molar-refractivity contribution in [2.45, 2.75) is 116 Å². The van der Waals surface area contributed by atoms with Gasteiger partial charge < -0.3 is 14.2 Å². The standard InChI is InChI=1S/C25H29FN6O4.C21H25FN4O3/c1-5-35-22(33)19-14-18(29-30-19)17-9-10-20(31-28-17)32(23(34)36-24(2,3)4)15-25(11-7-12-25)21-16(26)8-6-13-27-21;1-14(27)16-8-9-17(25-24-16)26(19(28)29-20(2,3)4)13-21(10-6-11-21)18-15(22)7-5-12-23-18/h6,8-10,13-14H,5,7,11-12,15H2,1-4H3,(H,29,30);5,7-9,12H,6,10-11,13H2,1-4H3. The molecule has 0 radical (unpaired) electrons. The fourth-order valence-electron chi connectivity index (χ4n) is 7.45. The summed E-state index contributed by atoms with van der Waals surface area (Å²) in [6.07, 6.45) is 6.44. The van der Waals surface area contributed by atoms with E-state index < -0.39 is 51.8 Å². The fraction of sp³-hybridized carbons (Fsp3) is 0.457. The number of nitrogens with one attached hydrogen (secondary N) is 1. The van der Waals surface area contributed by atoms with Crippen LogP contribution < -0.4 is 9.80 Å². The molecule has 0 unspecified atom stereocenters. The summed E-state index contributed by atoms with van der Waals surface area (Å²) >= 11 is 0. The van der Waals surface area contributed by atoms with E-state index in [4.69, 9.17) is 14.2 Å². The number of ketones is 1. The van der Waals surface area contributed by atoms with Crippen molar-refractivity contribution in [3.63, 3.8) is 0 Å². The van der Waals surface area contributed by atoms with Crippen molar-refractivity contribution in [2.24, 2.45) is 0 Å². The number of ether oxygens (including phenoxy) is 3. The summed E-state index contributed by atoms with van der Waals surface area (Å²) in [5, 5.41) is 23.1. The molecule has 5 aromatic rings. The number of H-pyrrole nitrogens is 1. The summed E-state index contributed by atoms with van der Waals surface area (Å²) in [6, 6.07) is 13.7. The van der Waals surface area contributed by atoms with Gasteiger partial charge in [-0.05, 0) is 123 Å². The number of carbonyl (C=O) groups excluding carboxylic acids is 4. The molecule has 5 aromatic heterocycles. The molecule has 0 spiro atoms. The van der Waals surface area contributed by atoms with E-state index in [1.54, 1.807) is 91.2 Å². The van der Waals surface area contributed by atoms with Crippen LogP contribution in [0.2, 0.25) is 0 Å². The first-order valence-electron chi connectivity index (χ1n) is 21.4. The van der Waals surface area contributed by atoms with E-state index in [0.717, 1.165) is 12.8 Å². The van der Waals surface area contributed by atoms with Crippen LogP contribution in [0.5, 0.6) is 0 Å². The van der Waals surface area contributed by atoms with Gasteiger partial charge in [0.1, 0.15) is 34.2 Å². The van der Waals surface area contributed by atoms with Gasteiger partial charge in [-0.15, -0.1) is 20.4 Å². The van der Waals surface area contributed by atoms with Crippen LogP contribution in [-0.4, -0.2) is 95.4 Å². The molecule has 344 valence electrons. The molecule has 2 aliphatic rings. The second kappa shape index (κ2) is 19.5. The van der Waals surface area contributed by atoms with Crippen molar-refractivity contribution in [3.05, 3.63) is 101 Å². The van der Waals surface area contributed by atoms with Gasteiger partial charge in [-0.1, -0.05) is 12.8 Å². The van der Waals surface area contributed by atoms with Gasteiger partial charge in [-0.2, -0.15) is 5.10 Å². The SMILES string of the molecule is CC(=O)c1ccc(N(CC2(c3ncccc3F)CCC2)C(=O)OC(C)(C)C)nn1.CCOC(=O)c1cc(-c2ccc(N(CC3(c4ncccc4F)CCC3)C(=O)OC(C)(C)C)nn2)[nH]n1. The average Bonchev–Trinajstić information content (AvgIpc) is 3.72. The average molecular weight is 897 g/mol. The van der Waals surface area contributed by atoms with Crippen LogP contribution in [-0.2, 0) is 25.0 Å². The van der Waals surface area contributed by atoms with Gasteiger partial charge in [0, 0.05) is 49.3 Å². The topological polar surface area (TPSA) is 208 Å². The first-order valence-corrected chi connectivity index (χ1v) is 21.4. The number of anilines is 2. The Morgan fingerprint density at radius 1 is 0.692 bits per heavy atom. The Morgan fingerprint density at radius 3 is 1.55 bits per heavy atom. The molecule has 19 heteroatoms. The lowest BCUT2D eigenvalue weighted by molar-refractivity contribution is 0.0515. The second-order valence-electron chi connectivity index (χ2n) is 18.1. The quantitative estimate of drug-likeness (QED) is 0.0708. The maximum atomic E-state index is 14.7. The number of rotatable bonds is 12. The third-order valence-corrected chi connectivity index (χ3v) is 10.8. The molecule has 2 aliphatic carbocycles. The molecule has 17 nitrogen and oxygen atoms in total. The lowest BCUT2D eigenvalue weighted by Gasteiger charge is -2.44. The van der Waals surface area contributed by atoms with E-state index in [0.29, 0.717) is 48.5 Å². The smallest absolute Gasteiger partial charge is 0.416 e. The predicted octanol–water partition coefficient (Wildman–Crippen LogP) is 8.52. The van der Waals surface area contributed by atoms with Crippen molar-refractivity contribution >= 4 is 35.6 Å². The largest absolute Gasteiger partial charge is 0.461 e. The Labute approximate surface area is 375 Å². The van der Waals surface area contributed by atoms with Crippen molar-refractivity contribution in [1.29, 1.82) is 0 Å². The highest BCUT2D eigenvalue weighted by atomic mass is 19.1. The highest BCUT2D eigenvalue weighted by Gasteiger charge is 2.47. The fourth-order valence-corrected chi connectivity index (χ4v) is 7.45. The number of hydrogen-bond acceptors (Lipinski definition) is 14. The molecule has 7 rings (SSSR count). The Morgan fingerprint density at radius 2 is 1.18 bits per heavy atom. The van der Waals surface area contributed by atoms with Crippen molar-refractivity contribution in [3.8, 4) is 11.4 Å². The summed E-state index contributed by atoms with van der Waals surface area (Å²) in [4.78, 5) is 60.9. The first-order chi connectivity index (χ1) is 30.7. The zero-order chi connectivity index (χ0) is 47.2. The monoisotopic (exact) mass is 896 g/mol. The van der Waals surface area contributed by atoms with Crippen molar-refractivity contribution in [2.75, 3.05) is 29.5 Å². The van der Waals surface area contributed by atoms with Gasteiger partial charge in [-0.25, -0.2) is 23.2 Å². The van der Waals surface area contributed by atoms with Crippen molar-refractivity contribution in [1.82, 2.24) is 40.6 Å². The number of amides is 2. The Hall–Kier alpha value is -6.79. The predicted molar refractivity (Wildman–Crippen MR) is 234 cm³/mol. The number of aromatic nitrogens is 8. The Balaban J connectivity index is 0.000000221. The molecule has 1 N–H and O–H groups in total. The van der Waals surface area contributed by atoms with E-state index in [2.05, 4.69) is 40.6 Å². The number of aromatic amines is 1. The van der Waals surface area contributed by atoms with Crippen LogP contribution in [0.15, 0.2) is 67.0 Å². The highest BCUT2D eigenvalue weighted by Crippen LogP contribution is 2.46. The van der Waals surface area contributed by atoms with Crippen molar-refractivity contribution < 1.29 is 42.2 Å². The van der Waals surface area contributed by atoms with Gasteiger partial charge in [0.15, 0.2) is 23.1 Å². The van der Waals surface area contributed by atoms with E-state index in [1.165, 1.54) is 41.0 Å². The molecule has 0 atom stereocenters. The number of carbonyl (C=O) groups is 4. The summed E-state index contributed by atoms with van der Waals surface area (Å²) in [5.74, 6) is -1.08. The van der Waals surface area contributed by atoms with Gasteiger partial charge in [0.25, 0.3) is 0 Å². The van der Waals surface area contributed by atoms with Crippen LogP contribution in [0.3, 0.4) is 0 Å². The van der Waals surface area contributed by atoms with Gasteiger partial charge >= 0.3 is 18.2 Å². The van der Waals surface area contributed by atoms with Gasteiger partial charge in [0.2, 0.25) is 0 Å². The van der Waals surface area contributed by atoms with Crippen LogP contribution in [0.1, 0.15) is 126 Å². The van der Waals surface area contributed by atoms with E-state index >= 15 is 0 Å². The zero-order valence-electron chi connectivity index (χ0n) is 37.9. The summed E-state index contributed by atoms with van der Waals surface area (Å²) in [6.45, 7) is 14.3. The number of pyridine rings is 2. The first kappa shape index (κ1) is 47.7. The highest BCUT2D eigenvalue weighted by molar-refractivity contribution is 5.93. The van der Waals surface area contributed by atoms with Crippen LogP contribution in [0.25, 0.3) is 11.4 Å². The lowest BCUT2D eigenvalue weighted by atomic mass is 9.66. The van der Waals surface area contributed by atoms with Crippen LogP contribution in [0.4, 0.5) is 30.0 Å². The molecular formula is C46H54F2N10O7. The summed E-state index contributed by atoms with van der Waals surface area (Å²) in [5.41, 5.74) is -0.858. The third kappa shape index (κ3) is 11.5. The van der Waals surface area contributed by atoms with E-state index in [9.17, 15) is 28.0 Å². The molecule has 2 fully saturated rings. The summed E-state index contributed by atoms with van der Waals surface area (Å²) < 4.78 is 45.4. The van der Waals surface area contributed by atoms with Crippen LogP contribution >= 0.6 is 0 Å². The lowest BCUT2D eigenvalue weighted by Crippen LogP contribution is -2.50. The summed E-state index contributed by atoms with van der Waals surface area (Å²) in [7, 11) is 0. The van der Waals surface area contributed by atoms with Gasteiger partial charge in [-0.3, -0.25) is 29.7 Å². The number of esters is 1. The van der Waals surface area contributed by atoms with E-state index in [-0.39, 0.29) is 48.5 Å².